The lowest BCUT2D eigenvalue weighted by Gasteiger charge is -2.24. The summed E-state index contributed by atoms with van der Waals surface area (Å²) < 4.78 is 16.1. The van der Waals surface area contributed by atoms with E-state index in [0.29, 0.717) is 42.7 Å². The molecular weight excluding hydrogens is 721 g/mol. The van der Waals surface area contributed by atoms with Gasteiger partial charge in [-0.15, -0.1) is 0 Å². The number of carbonyl (C=O) groups is 2. The topological polar surface area (TPSA) is 166 Å². The van der Waals surface area contributed by atoms with Crippen molar-refractivity contribution in [3.63, 3.8) is 0 Å². The van der Waals surface area contributed by atoms with Gasteiger partial charge in [0.2, 0.25) is 11.8 Å². The first-order valence-electron chi connectivity index (χ1n) is 21.4. The molecule has 6 fully saturated rings. The van der Waals surface area contributed by atoms with E-state index in [1.54, 1.807) is 0 Å². The van der Waals surface area contributed by atoms with E-state index in [1.807, 2.05) is 0 Å². The Bertz CT molecular complexity index is 1980. The minimum atomic E-state index is -0.679. The molecule has 2 heterocycles. The minimum absolute atomic E-state index is 0.0220. The van der Waals surface area contributed by atoms with E-state index >= 15 is 0 Å². The third-order valence-corrected chi connectivity index (χ3v) is 14.0. The highest BCUT2D eigenvalue weighted by atomic mass is 16.5. The van der Waals surface area contributed by atoms with E-state index in [0.717, 1.165) is 94.8 Å². The SMILES string of the molecule is COC(=O)C1CCC(c2nc(C3(CN[C@@H]4C[C@H]4c4ccccc4)CC3)no2)CC1.O=C(O)C1CCC(c2nc(C3(CN[C@@H]4C[C@H]4c4ccccc4)CC3)no2)CC1. The monoisotopic (exact) mass is 776 g/mol. The van der Waals surface area contributed by atoms with Crippen LogP contribution in [0.5, 0.6) is 0 Å². The lowest BCUT2D eigenvalue weighted by molar-refractivity contribution is -0.146. The normalized spacial score (nSPS) is 30.3. The second-order valence-corrected chi connectivity index (χ2v) is 17.9. The molecule has 0 aliphatic heterocycles. The van der Waals surface area contributed by atoms with E-state index in [1.165, 1.54) is 31.1 Å². The van der Waals surface area contributed by atoms with Crippen molar-refractivity contribution < 1.29 is 28.5 Å². The van der Waals surface area contributed by atoms with E-state index in [2.05, 4.69) is 81.6 Å². The number of carboxylic acid groups (broad SMARTS) is 1. The molecule has 57 heavy (non-hydrogen) atoms. The van der Waals surface area contributed by atoms with Crippen LogP contribution in [0.3, 0.4) is 0 Å². The first-order chi connectivity index (χ1) is 27.8. The summed E-state index contributed by atoms with van der Waals surface area (Å²) in [4.78, 5) is 32.4. The first-order valence-corrected chi connectivity index (χ1v) is 21.4. The zero-order valence-corrected chi connectivity index (χ0v) is 33.0. The molecule has 302 valence electrons. The molecule has 0 saturated heterocycles. The highest BCUT2D eigenvalue weighted by Gasteiger charge is 2.52. The Morgan fingerprint density at radius 3 is 1.47 bits per heavy atom. The van der Waals surface area contributed by atoms with Crippen LogP contribution < -0.4 is 10.6 Å². The number of aliphatic carboxylic acids is 1. The third-order valence-electron chi connectivity index (χ3n) is 14.0. The summed E-state index contributed by atoms with van der Waals surface area (Å²) >= 11 is 0. The van der Waals surface area contributed by atoms with E-state index < -0.39 is 5.97 Å². The molecule has 0 amide bonds. The fourth-order valence-corrected chi connectivity index (χ4v) is 9.45. The Balaban J connectivity index is 0.000000148. The van der Waals surface area contributed by atoms with Gasteiger partial charge in [0.25, 0.3) is 0 Å². The molecule has 0 spiro atoms. The maximum atomic E-state index is 11.7. The van der Waals surface area contributed by atoms with Crippen molar-refractivity contribution in [3.8, 4) is 0 Å². The molecule has 12 heteroatoms. The predicted octanol–water partition coefficient (Wildman–Crippen LogP) is 7.30. The number of esters is 1. The van der Waals surface area contributed by atoms with Gasteiger partial charge in [-0.25, -0.2) is 0 Å². The molecule has 10 rings (SSSR count). The highest BCUT2D eigenvalue weighted by molar-refractivity contribution is 5.72. The Labute approximate surface area is 334 Å². The van der Waals surface area contributed by atoms with Gasteiger partial charge in [0, 0.05) is 59.7 Å². The van der Waals surface area contributed by atoms with E-state index in [9.17, 15) is 9.59 Å². The van der Waals surface area contributed by atoms with Gasteiger partial charge in [0.1, 0.15) is 0 Å². The molecule has 6 aliphatic carbocycles. The largest absolute Gasteiger partial charge is 0.481 e. The quantitative estimate of drug-likeness (QED) is 0.110. The molecule has 12 nitrogen and oxygen atoms in total. The van der Waals surface area contributed by atoms with Gasteiger partial charge in [0.05, 0.1) is 18.9 Å². The molecule has 0 unspecified atom stereocenters. The number of carbonyl (C=O) groups excluding carboxylic acids is 1. The van der Waals surface area contributed by atoms with Gasteiger partial charge >= 0.3 is 11.9 Å². The Hall–Kier alpha value is -4.42. The fourth-order valence-electron chi connectivity index (χ4n) is 9.45. The van der Waals surface area contributed by atoms with Crippen LogP contribution in [0.4, 0.5) is 0 Å². The van der Waals surface area contributed by atoms with Crippen LogP contribution in [0.25, 0.3) is 0 Å². The number of carboxylic acids is 1. The highest BCUT2D eigenvalue weighted by Crippen LogP contribution is 2.50. The van der Waals surface area contributed by atoms with Crippen molar-refractivity contribution in [1.29, 1.82) is 0 Å². The molecule has 2 aromatic carbocycles. The number of rotatable bonds is 14. The van der Waals surface area contributed by atoms with Gasteiger partial charge in [0.15, 0.2) is 11.6 Å². The van der Waals surface area contributed by atoms with Gasteiger partial charge < -0.3 is 29.5 Å². The molecule has 4 atom stereocenters. The van der Waals surface area contributed by atoms with Crippen molar-refractivity contribution in [2.24, 2.45) is 11.8 Å². The standard InChI is InChI=1S/C23H29N3O3.C22H27N3O3/c1-28-21(27)17-9-7-16(8-10-17)20-25-22(26-29-20)23(11-12-23)14-24-19-13-18(19)15-5-3-2-4-6-15;26-20(27)16-8-6-15(7-9-16)19-24-21(25-28-19)22(10-11-22)13-23-18-12-17(18)14-4-2-1-3-5-14/h2-6,16-19,24H,7-14H2,1H3;1-5,15-18,23H,6-13H2,(H,26,27)/t16?,17?,18-,19+;15?,16?,17-,18+/m00/s1. The van der Waals surface area contributed by atoms with Crippen molar-refractivity contribution in [2.75, 3.05) is 20.2 Å². The number of hydrogen-bond acceptors (Lipinski definition) is 11. The molecule has 0 radical (unpaired) electrons. The Morgan fingerprint density at radius 2 is 1.09 bits per heavy atom. The summed E-state index contributed by atoms with van der Waals surface area (Å²) in [6.45, 7) is 1.83. The van der Waals surface area contributed by atoms with Crippen molar-refractivity contribution in [2.45, 2.75) is 136 Å². The zero-order chi connectivity index (χ0) is 39.0. The number of benzene rings is 2. The van der Waals surface area contributed by atoms with Crippen LogP contribution in [0.1, 0.15) is 148 Å². The lowest BCUT2D eigenvalue weighted by atomic mass is 9.82. The number of nitrogens with one attached hydrogen (secondary N) is 2. The van der Waals surface area contributed by atoms with E-state index in [4.69, 9.17) is 28.9 Å². The van der Waals surface area contributed by atoms with Crippen molar-refractivity contribution in [1.82, 2.24) is 30.9 Å². The summed E-state index contributed by atoms with van der Waals surface area (Å²) in [5.74, 6) is 3.95. The first kappa shape index (κ1) is 38.1. The number of ether oxygens (including phenoxy) is 1. The number of methoxy groups -OCH3 is 1. The van der Waals surface area contributed by atoms with Crippen LogP contribution in [-0.4, -0.2) is 69.6 Å². The van der Waals surface area contributed by atoms with Crippen LogP contribution in [0, 0.1) is 11.8 Å². The molecule has 6 aliphatic rings. The smallest absolute Gasteiger partial charge is 0.308 e. The molecule has 0 bridgehead atoms. The fraction of sp³-hybridized carbons (Fsp3) is 0.600. The van der Waals surface area contributed by atoms with Crippen LogP contribution in [0.15, 0.2) is 69.7 Å². The van der Waals surface area contributed by atoms with Gasteiger partial charge in [-0.3, -0.25) is 9.59 Å². The summed E-state index contributed by atoms with van der Waals surface area (Å²) in [7, 11) is 1.46. The third kappa shape index (κ3) is 8.58. The van der Waals surface area contributed by atoms with Gasteiger partial charge in [-0.1, -0.05) is 71.0 Å². The van der Waals surface area contributed by atoms with Crippen molar-refractivity contribution >= 4 is 11.9 Å². The van der Waals surface area contributed by atoms with Crippen LogP contribution in [-0.2, 0) is 25.2 Å². The van der Waals surface area contributed by atoms with Gasteiger partial charge in [-0.05, 0) is 101 Å². The second-order valence-electron chi connectivity index (χ2n) is 17.9. The van der Waals surface area contributed by atoms with E-state index in [-0.39, 0.29) is 40.5 Å². The Kier molecular flexibility index (Phi) is 10.8. The predicted molar refractivity (Wildman–Crippen MR) is 211 cm³/mol. The van der Waals surface area contributed by atoms with Crippen LogP contribution >= 0.6 is 0 Å². The summed E-state index contributed by atoms with van der Waals surface area (Å²) in [5.41, 5.74) is 2.93. The molecule has 4 aromatic rings. The average molecular weight is 777 g/mol. The van der Waals surface area contributed by atoms with Gasteiger partial charge in [-0.2, -0.15) is 9.97 Å². The summed E-state index contributed by atoms with van der Waals surface area (Å²) in [5, 5.41) is 25.3. The van der Waals surface area contributed by atoms with Crippen molar-refractivity contribution in [3.05, 3.63) is 95.2 Å². The summed E-state index contributed by atoms with van der Waals surface area (Å²) in [6, 6.07) is 22.6. The zero-order valence-electron chi connectivity index (χ0n) is 33.0. The number of hydrogen-bond donors (Lipinski definition) is 3. The van der Waals surface area contributed by atoms with Crippen LogP contribution in [0.2, 0.25) is 0 Å². The molecular formula is C45H56N6O6. The Morgan fingerprint density at radius 1 is 0.667 bits per heavy atom. The lowest BCUT2D eigenvalue weighted by Crippen LogP contribution is -2.30. The molecule has 3 N–H and O–H groups in total. The minimum Gasteiger partial charge on any atom is -0.481 e. The average Bonchev–Trinajstić information content (AvgIpc) is 4.17. The molecule has 2 aromatic heterocycles. The maximum Gasteiger partial charge on any atom is 0.308 e. The number of aromatic nitrogens is 4. The molecule has 6 saturated carbocycles. The maximum absolute atomic E-state index is 11.7. The number of nitrogens with zero attached hydrogens (tertiary/aromatic N) is 4. The summed E-state index contributed by atoms with van der Waals surface area (Å²) in [6.07, 6.45) is 13.4. The second kappa shape index (κ2) is 16.1.